The molecule has 1 aliphatic heterocycles. The molecule has 1 aromatic heterocycles. The second kappa shape index (κ2) is 7.20. The Kier molecular flexibility index (Phi) is 5.53. The van der Waals surface area contributed by atoms with E-state index in [9.17, 15) is 4.79 Å². The fraction of sp³-hybridized carbons (Fsp3) is 0.647. The number of rotatable bonds is 4. The molecule has 0 aliphatic carbocycles. The van der Waals surface area contributed by atoms with Crippen LogP contribution in [0.3, 0.4) is 0 Å². The Balaban J connectivity index is 1.96. The van der Waals surface area contributed by atoms with Gasteiger partial charge in [0.1, 0.15) is 0 Å². The molecular weight excluding hydrogens is 276 g/mol. The van der Waals surface area contributed by atoms with Gasteiger partial charge in [-0.15, -0.1) is 0 Å². The maximum absolute atomic E-state index is 12.6. The van der Waals surface area contributed by atoms with Crippen LogP contribution in [-0.4, -0.2) is 71.9 Å². The van der Waals surface area contributed by atoms with Crippen LogP contribution in [0.4, 0.5) is 0 Å². The second-order valence-corrected chi connectivity index (χ2v) is 6.49. The van der Waals surface area contributed by atoms with Gasteiger partial charge < -0.3 is 9.80 Å². The minimum absolute atomic E-state index is 0.0652. The molecule has 0 bridgehead atoms. The van der Waals surface area contributed by atoms with E-state index in [0.29, 0.717) is 6.54 Å². The fourth-order valence-corrected chi connectivity index (χ4v) is 3.01. The minimum atomic E-state index is -0.0652. The summed E-state index contributed by atoms with van der Waals surface area (Å²) >= 11 is 0. The summed E-state index contributed by atoms with van der Waals surface area (Å²) < 4.78 is 0. The third-order valence-corrected chi connectivity index (χ3v) is 4.37. The molecule has 0 aromatic carbocycles. The van der Waals surface area contributed by atoms with Gasteiger partial charge in [0.05, 0.1) is 18.3 Å². The zero-order chi connectivity index (χ0) is 16.3. The number of carbonyl (C=O) groups is 1. The average Bonchev–Trinajstić information content (AvgIpc) is 2.45. The van der Waals surface area contributed by atoms with Crippen molar-refractivity contribution in [3.8, 4) is 0 Å². The summed E-state index contributed by atoms with van der Waals surface area (Å²) in [6.07, 6.45) is 0. The molecule has 1 fully saturated rings. The summed E-state index contributed by atoms with van der Waals surface area (Å²) in [5.41, 5.74) is 3.15. The normalized spacial score (nSPS) is 18.2. The van der Waals surface area contributed by atoms with Gasteiger partial charge in [-0.05, 0) is 45.5 Å². The first kappa shape index (κ1) is 16.9. The largest absolute Gasteiger partial charge is 0.339 e. The molecule has 1 aromatic rings. The predicted molar refractivity (Wildman–Crippen MR) is 88.7 cm³/mol. The first-order chi connectivity index (χ1) is 10.4. The standard InChI is InChI=1S/C17H28N4O/c1-13-10-14(2)18-16(11-13)12-20(5)17(22)15(3)21-8-6-19(4)7-9-21/h10-11,15H,6-9,12H2,1-5H3. The monoisotopic (exact) mass is 304 g/mol. The molecule has 0 spiro atoms. The zero-order valence-corrected chi connectivity index (χ0v) is 14.5. The van der Waals surface area contributed by atoms with Crippen molar-refractivity contribution in [2.45, 2.75) is 33.4 Å². The lowest BCUT2D eigenvalue weighted by Gasteiger charge is -2.37. The number of hydrogen-bond acceptors (Lipinski definition) is 4. The summed E-state index contributed by atoms with van der Waals surface area (Å²) in [6.45, 7) is 10.6. The molecule has 0 N–H and O–H groups in total. The van der Waals surface area contributed by atoms with E-state index in [1.807, 2.05) is 20.9 Å². The van der Waals surface area contributed by atoms with Crippen LogP contribution >= 0.6 is 0 Å². The zero-order valence-electron chi connectivity index (χ0n) is 14.5. The number of hydrogen-bond donors (Lipinski definition) is 0. The van der Waals surface area contributed by atoms with E-state index in [2.05, 4.69) is 40.9 Å². The second-order valence-electron chi connectivity index (χ2n) is 6.49. The van der Waals surface area contributed by atoms with Crippen molar-refractivity contribution in [1.29, 1.82) is 0 Å². The van der Waals surface area contributed by atoms with Crippen molar-refractivity contribution in [3.63, 3.8) is 0 Å². The molecule has 2 heterocycles. The lowest BCUT2D eigenvalue weighted by atomic mass is 10.2. The summed E-state index contributed by atoms with van der Waals surface area (Å²) in [7, 11) is 4.00. The van der Waals surface area contributed by atoms with Crippen molar-refractivity contribution >= 4 is 5.91 Å². The van der Waals surface area contributed by atoms with E-state index >= 15 is 0 Å². The van der Waals surface area contributed by atoms with Crippen molar-refractivity contribution in [2.75, 3.05) is 40.3 Å². The van der Waals surface area contributed by atoms with E-state index < -0.39 is 0 Å². The SMILES string of the molecule is Cc1cc(C)nc(CN(C)C(=O)C(C)N2CCN(C)CC2)c1. The number of pyridine rings is 1. The van der Waals surface area contributed by atoms with Gasteiger partial charge in [0.2, 0.25) is 5.91 Å². The topological polar surface area (TPSA) is 39.7 Å². The van der Waals surface area contributed by atoms with Crippen LogP contribution < -0.4 is 0 Å². The molecule has 1 amide bonds. The quantitative estimate of drug-likeness (QED) is 0.840. The Hall–Kier alpha value is -1.46. The van der Waals surface area contributed by atoms with Gasteiger partial charge in [-0.1, -0.05) is 0 Å². The third kappa shape index (κ3) is 4.27. The van der Waals surface area contributed by atoms with Gasteiger partial charge in [0.25, 0.3) is 0 Å². The maximum atomic E-state index is 12.6. The van der Waals surface area contributed by atoms with E-state index in [-0.39, 0.29) is 11.9 Å². The van der Waals surface area contributed by atoms with Crippen LogP contribution in [0.1, 0.15) is 23.9 Å². The van der Waals surface area contributed by atoms with Crippen LogP contribution in [0, 0.1) is 13.8 Å². The molecule has 1 aliphatic rings. The molecule has 5 heteroatoms. The van der Waals surface area contributed by atoms with Crippen molar-refractivity contribution < 1.29 is 4.79 Å². The molecule has 0 radical (unpaired) electrons. The number of nitrogens with zero attached hydrogens (tertiary/aromatic N) is 4. The van der Waals surface area contributed by atoms with Crippen LogP contribution in [0.5, 0.6) is 0 Å². The summed E-state index contributed by atoms with van der Waals surface area (Å²) in [4.78, 5) is 23.5. The van der Waals surface area contributed by atoms with Crippen LogP contribution in [0.15, 0.2) is 12.1 Å². The Labute approximate surface area is 133 Å². The van der Waals surface area contributed by atoms with Crippen LogP contribution in [0.25, 0.3) is 0 Å². The smallest absolute Gasteiger partial charge is 0.239 e. The number of likely N-dealkylation sites (N-methyl/N-ethyl adjacent to an activating group) is 2. The Morgan fingerprint density at radius 2 is 1.91 bits per heavy atom. The van der Waals surface area contributed by atoms with Gasteiger partial charge in [0.15, 0.2) is 0 Å². The molecule has 0 saturated carbocycles. The first-order valence-corrected chi connectivity index (χ1v) is 7.98. The van der Waals surface area contributed by atoms with Gasteiger partial charge in [-0.2, -0.15) is 0 Å². The Morgan fingerprint density at radius 3 is 2.50 bits per heavy atom. The molecule has 1 unspecified atom stereocenters. The number of aromatic nitrogens is 1. The first-order valence-electron chi connectivity index (χ1n) is 7.98. The summed E-state index contributed by atoms with van der Waals surface area (Å²) in [5.74, 6) is 0.172. The highest BCUT2D eigenvalue weighted by atomic mass is 16.2. The number of carbonyl (C=O) groups excluding carboxylic acids is 1. The fourth-order valence-electron chi connectivity index (χ4n) is 3.01. The van der Waals surface area contributed by atoms with E-state index in [0.717, 1.165) is 37.6 Å². The predicted octanol–water partition coefficient (Wildman–Crippen LogP) is 1.29. The summed E-state index contributed by atoms with van der Waals surface area (Å²) in [5, 5.41) is 0. The lowest BCUT2D eigenvalue weighted by Crippen LogP contribution is -2.53. The van der Waals surface area contributed by atoms with Crippen LogP contribution in [0.2, 0.25) is 0 Å². The van der Waals surface area contributed by atoms with E-state index in [1.54, 1.807) is 4.90 Å². The molecule has 1 atom stereocenters. The lowest BCUT2D eigenvalue weighted by molar-refractivity contribution is -0.136. The molecule has 122 valence electrons. The number of aryl methyl sites for hydroxylation is 2. The van der Waals surface area contributed by atoms with Gasteiger partial charge in [0, 0.05) is 38.9 Å². The summed E-state index contributed by atoms with van der Waals surface area (Å²) in [6, 6.07) is 4.04. The Bertz CT molecular complexity index is 503. The molecule has 22 heavy (non-hydrogen) atoms. The highest BCUT2D eigenvalue weighted by Crippen LogP contribution is 2.11. The average molecular weight is 304 g/mol. The van der Waals surface area contributed by atoms with Gasteiger partial charge in [-0.3, -0.25) is 14.7 Å². The van der Waals surface area contributed by atoms with Crippen LogP contribution in [-0.2, 0) is 11.3 Å². The minimum Gasteiger partial charge on any atom is -0.339 e. The highest BCUT2D eigenvalue weighted by molar-refractivity contribution is 5.81. The van der Waals surface area contributed by atoms with Crippen molar-refractivity contribution in [3.05, 3.63) is 29.1 Å². The molecular formula is C17H28N4O. The van der Waals surface area contributed by atoms with Crippen molar-refractivity contribution in [1.82, 2.24) is 19.7 Å². The number of piperazine rings is 1. The molecule has 1 saturated heterocycles. The maximum Gasteiger partial charge on any atom is 0.239 e. The van der Waals surface area contributed by atoms with Crippen molar-refractivity contribution in [2.24, 2.45) is 0 Å². The molecule has 5 nitrogen and oxygen atoms in total. The number of amides is 1. The van der Waals surface area contributed by atoms with E-state index in [4.69, 9.17) is 0 Å². The Morgan fingerprint density at radius 1 is 1.27 bits per heavy atom. The third-order valence-electron chi connectivity index (χ3n) is 4.37. The van der Waals surface area contributed by atoms with E-state index in [1.165, 1.54) is 5.56 Å². The van der Waals surface area contributed by atoms with Gasteiger partial charge in [-0.25, -0.2) is 0 Å². The van der Waals surface area contributed by atoms with Gasteiger partial charge >= 0.3 is 0 Å². The highest BCUT2D eigenvalue weighted by Gasteiger charge is 2.26. The molecule has 2 rings (SSSR count).